The van der Waals surface area contributed by atoms with E-state index in [-0.39, 0.29) is 11.8 Å². The summed E-state index contributed by atoms with van der Waals surface area (Å²) in [6.07, 6.45) is 1.96. The average molecular weight is 417 g/mol. The average Bonchev–Trinajstić information content (AvgIpc) is 3.29. The molecule has 28 heavy (non-hydrogen) atoms. The first kappa shape index (κ1) is 18.8. The van der Waals surface area contributed by atoms with Gasteiger partial charge in [-0.2, -0.15) is 0 Å². The molecule has 4 rings (SSSR count). The van der Waals surface area contributed by atoms with Crippen molar-refractivity contribution in [1.82, 2.24) is 4.90 Å². The summed E-state index contributed by atoms with van der Waals surface area (Å²) in [6, 6.07) is 11.8. The van der Waals surface area contributed by atoms with Gasteiger partial charge in [0.1, 0.15) is 11.4 Å². The molecule has 0 aromatic heterocycles. The number of nitrogens with zero attached hydrogens (tertiary/aromatic N) is 2. The molecule has 5 nitrogen and oxygen atoms in total. The standard InChI is InChI=1S/C21H18Cl2N2O3/c1-28-15-7-5-14(6-8-15)25-20(26)18(16-9-4-13(22)12-17(16)23)19(21(25)27)24-10-2-3-11-24/h4-9,12H,2-3,10-11H2,1H3. The molecule has 0 aliphatic carbocycles. The second kappa shape index (κ2) is 7.49. The van der Waals surface area contributed by atoms with Gasteiger partial charge in [-0.1, -0.05) is 29.3 Å². The maximum absolute atomic E-state index is 13.4. The summed E-state index contributed by atoms with van der Waals surface area (Å²) >= 11 is 12.4. The van der Waals surface area contributed by atoms with E-state index in [4.69, 9.17) is 27.9 Å². The molecule has 2 aliphatic heterocycles. The first-order valence-corrected chi connectivity index (χ1v) is 9.74. The number of halogens is 2. The van der Waals surface area contributed by atoms with Crippen LogP contribution in [-0.2, 0) is 9.59 Å². The number of carbonyl (C=O) groups excluding carboxylic acids is 2. The van der Waals surface area contributed by atoms with Crippen LogP contribution in [0.5, 0.6) is 5.75 Å². The molecule has 0 bridgehead atoms. The molecule has 2 aromatic rings. The first-order chi connectivity index (χ1) is 13.5. The van der Waals surface area contributed by atoms with Crippen LogP contribution in [0.25, 0.3) is 5.57 Å². The largest absolute Gasteiger partial charge is 0.497 e. The molecule has 0 spiro atoms. The number of hydrogen-bond donors (Lipinski definition) is 0. The summed E-state index contributed by atoms with van der Waals surface area (Å²) in [7, 11) is 1.56. The molecule has 0 atom stereocenters. The van der Waals surface area contributed by atoms with Crippen LogP contribution >= 0.6 is 23.2 Å². The van der Waals surface area contributed by atoms with Gasteiger partial charge >= 0.3 is 0 Å². The number of carbonyl (C=O) groups is 2. The number of methoxy groups -OCH3 is 1. The van der Waals surface area contributed by atoms with Crippen LogP contribution in [0.15, 0.2) is 48.2 Å². The Morgan fingerprint density at radius 2 is 1.61 bits per heavy atom. The molecule has 2 amide bonds. The molecule has 0 unspecified atom stereocenters. The minimum Gasteiger partial charge on any atom is -0.497 e. The van der Waals surface area contributed by atoms with Gasteiger partial charge < -0.3 is 9.64 Å². The van der Waals surface area contributed by atoms with Crippen molar-refractivity contribution in [2.75, 3.05) is 25.1 Å². The molecular formula is C21H18Cl2N2O3. The number of hydrogen-bond acceptors (Lipinski definition) is 4. The molecule has 0 radical (unpaired) electrons. The van der Waals surface area contributed by atoms with E-state index in [1.807, 2.05) is 4.90 Å². The number of benzene rings is 2. The van der Waals surface area contributed by atoms with Crippen molar-refractivity contribution in [2.45, 2.75) is 12.8 Å². The maximum Gasteiger partial charge on any atom is 0.282 e. The molecule has 1 fully saturated rings. The predicted octanol–water partition coefficient (Wildman–Crippen LogP) is 4.38. The minimum absolute atomic E-state index is 0.324. The number of ether oxygens (including phenoxy) is 1. The van der Waals surface area contributed by atoms with E-state index < -0.39 is 0 Å². The van der Waals surface area contributed by atoms with Crippen molar-refractivity contribution in [1.29, 1.82) is 0 Å². The van der Waals surface area contributed by atoms with Crippen LogP contribution in [0.3, 0.4) is 0 Å². The lowest BCUT2D eigenvalue weighted by Gasteiger charge is -2.20. The Labute approximate surface area is 173 Å². The van der Waals surface area contributed by atoms with Crippen molar-refractivity contribution in [2.24, 2.45) is 0 Å². The SMILES string of the molecule is COc1ccc(N2C(=O)C(c3ccc(Cl)cc3Cl)=C(N3CCCC3)C2=O)cc1. The Hall–Kier alpha value is -2.50. The maximum atomic E-state index is 13.4. The summed E-state index contributed by atoms with van der Waals surface area (Å²) in [5.41, 5.74) is 1.74. The van der Waals surface area contributed by atoms with Crippen LogP contribution in [0.2, 0.25) is 10.0 Å². The highest BCUT2D eigenvalue weighted by molar-refractivity contribution is 6.47. The van der Waals surface area contributed by atoms with Gasteiger partial charge in [-0.05, 0) is 49.2 Å². The van der Waals surface area contributed by atoms with Gasteiger partial charge in [0.15, 0.2) is 0 Å². The van der Waals surface area contributed by atoms with Crippen molar-refractivity contribution in [3.63, 3.8) is 0 Å². The summed E-state index contributed by atoms with van der Waals surface area (Å²) in [4.78, 5) is 29.9. The monoisotopic (exact) mass is 416 g/mol. The van der Waals surface area contributed by atoms with E-state index in [0.29, 0.717) is 38.3 Å². The predicted molar refractivity (Wildman–Crippen MR) is 110 cm³/mol. The van der Waals surface area contributed by atoms with Crippen LogP contribution in [0.1, 0.15) is 18.4 Å². The van der Waals surface area contributed by atoms with Gasteiger partial charge in [0.2, 0.25) is 0 Å². The molecule has 2 aliphatic rings. The first-order valence-electron chi connectivity index (χ1n) is 8.98. The van der Waals surface area contributed by atoms with Gasteiger partial charge in [0, 0.05) is 23.7 Å². The second-order valence-electron chi connectivity index (χ2n) is 6.69. The Balaban J connectivity index is 1.83. The zero-order chi connectivity index (χ0) is 19.8. The van der Waals surface area contributed by atoms with Gasteiger partial charge in [-0.3, -0.25) is 9.59 Å². The molecule has 0 N–H and O–H groups in total. The lowest BCUT2D eigenvalue weighted by atomic mass is 10.0. The van der Waals surface area contributed by atoms with Gasteiger partial charge in [0.05, 0.1) is 23.4 Å². The zero-order valence-corrected chi connectivity index (χ0v) is 16.8. The summed E-state index contributed by atoms with van der Waals surface area (Å²) in [5, 5.41) is 0.817. The van der Waals surface area contributed by atoms with E-state index in [2.05, 4.69) is 0 Å². The fraction of sp³-hybridized carbons (Fsp3) is 0.238. The van der Waals surface area contributed by atoms with E-state index >= 15 is 0 Å². The van der Waals surface area contributed by atoms with E-state index in [9.17, 15) is 9.59 Å². The van der Waals surface area contributed by atoms with Crippen LogP contribution in [0.4, 0.5) is 5.69 Å². The normalized spacial score (nSPS) is 17.1. The van der Waals surface area contributed by atoms with Gasteiger partial charge in [-0.25, -0.2) is 4.90 Å². The fourth-order valence-corrected chi connectivity index (χ4v) is 4.16. The van der Waals surface area contributed by atoms with Gasteiger partial charge in [-0.15, -0.1) is 0 Å². The van der Waals surface area contributed by atoms with E-state index in [0.717, 1.165) is 25.9 Å². The molecule has 7 heteroatoms. The Kier molecular flexibility index (Phi) is 5.04. The number of amides is 2. The third-order valence-electron chi connectivity index (χ3n) is 5.01. The van der Waals surface area contributed by atoms with Gasteiger partial charge in [0.25, 0.3) is 11.8 Å². The molecule has 0 saturated carbocycles. The number of likely N-dealkylation sites (tertiary alicyclic amines) is 1. The summed E-state index contributed by atoms with van der Waals surface area (Å²) in [6.45, 7) is 1.47. The van der Waals surface area contributed by atoms with Crippen molar-refractivity contribution < 1.29 is 14.3 Å². The number of imide groups is 1. The topological polar surface area (TPSA) is 49.9 Å². The highest BCUT2D eigenvalue weighted by atomic mass is 35.5. The van der Waals surface area contributed by atoms with Crippen molar-refractivity contribution >= 4 is 46.3 Å². The third kappa shape index (κ3) is 3.15. The highest BCUT2D eigenvalue weighted by Gasteiger charge is 2.43. The Morgan fingerprint density at radius 1 is 0.929 bits per heavy atom. The van der Waals surface area contributed by atoms with E-state index in [1.165, 1.54) is 4.90 Å². The van der Waals surface area contributed by atoms with E-state index in [1.54, 1.807) is 49.6 Å². The fourth-order valence-electron chi connectivity index (χ4n) is 3.65. The highest BCUT2D eigenvalue weighted by Crippen LogP contribution is 2.39. The van der Waals surface area contributed by atoms with Crippen LogP contribution in [0, 0.1) is 0 Å². The van der Waals surface area contributed by atoms with Crippen molar-refractivity contribution in [3.8, 4) is 5.75 Å². The smallest absolute Gasteiger partial charge is 0.282 e. The molecular weight excluding hydrogens is 399 g/mol. The third-order valence-corrected chi connectivity index (χ3v) is 5.56. The Morgan fingerprint density at radius 3 is 2.21 bits per heavy atom. The summed E-state index contributed by atoms with van der Waals surface area (Å²) < 4.78 is 5.17. The molecule has 2 aromatic carbocycles. The quantitative estimate of drug-likeness (QED) is 0.693. The van der Waals surface area contributed by atoms with Crippen molar-refractivity contribution in [3.05, 3.63) is 63.8 Å². The number of rotatable bonds is 4. The molecule has 2 heterocycles. The van der Waals surface area contributed by atoms with Crippen LogP contribution in [-0.4, -0.2) is 36.9 Å². The lowest BCUT2D eigenvalue weighted by Crippen LogP contribution is -2.34. The minimum atomic E-state index is -0.388. The summed E-state index contributed by atoms with van der Waals surface area (Å²) in [5.74, 6) is -0.0732. The second-order valence-corrected chi connectivity index (χ2v) is 7.53. The number of anilines is 1. The lowest BCUT2D eigenvalue weighted by molar-refractivity contribution is -0.120. The molecule has 144 valence electrons. The Bertz CT molecular complexity index is 980. The van der Waals surface area contributed by atoms with Crippen LogP contribution < -0.4 is 9.64 Å². The zero-order valence-electron chi connectivity index (χ0n) is 15.2. The molecule has 1 saturated heterocycles.